The molecule has 1 aliphatic heterocycles. The van der Waals surface area contributed by atoms with Crippen LogP contribution in [0.15, 0.2) is 36.7 Å². The van der Waals surface area contributed by atoms with Gasteiger partial charge in [0.25, 0.3) is 5.91 Å². The number of anilines is 1. The third kappa shape index (κ3) is 4.29. The van der Waals surface area contributed by atoms with Crippen LogP contribution in [0.25, 0.3) is 0 Å². The summed E-state index contributed by atoms with van der Waals surface area (Å²) in [4.78, 5) is 23.1. The molecule has 1 N–H and O–H groups in total. The summed E-state index contributed by atoms with van der Waals surface area (Å²) < 4.78 is 10.9. The standard InChI is InChI=1S/C19H24N4O3/c1-13-11-23(12-14(2)26-13)17-7-6-15(9-21-17)18(24)22-10-16-5-4-8-20-19(16)25-3/h4-9,13-14H,10-12H2,1-3H3,(H,22,24). The van der Waals surface area contributed by atoms with Gasteiger partial charge in [0.05, 0.1) is 24.9 Å². The highest BCUT2D eigenvalue weighted by Gasteiger charge is 2.23. The number of carbonyl (C=O) groups excluding carboxylic acids is 1. The molecule has 0 radical (unpaired) electrons. The second kappa shape index (κ2) is 8.14. The van der Waals surface area contributed by atoms with Crippen molar-refractivity contribution in [1.29, 1.82) is 0 Å². The fraction of sp³-hybridized carbons (Fsp3) is 0.421. The van der Waals surface area contributed by atoms with Crippen molar-refractivity contribution < 1.29 is 14.3 Å². The first-order valence-electron chi connectivity index (χ1n) is 8.69. The van der Waals surface area contributed by atoms with Gasteiger partial charge >= 0.3 is 0 Å². The molecule has 1 aliphatic rings. The number of hydrogen-bond acceptors (Lipinski definition) is 6. The zero-order valence-electron chi connectivity index (χ0n) is 15.3. The Kier molecular flexibility index (Phi) is 5.68. The number of nitrogens with one attached hydrogen (secondary N) is 1. The van der Waals surface area contributed by atoms with E-state index in [0.717, 1.165) is 24.5 Å². The molecular weight excluding hydrogens is 332 g/mol. The largest absolute Gasteiger partial charge is 0.481 e. The molecule has 0 aliphatic carbocycles. The van der Waals surface area contributed by atoms with Crippen LogP contribution in [0.4, 0.5) is 5.82 Å². The normalized spacial score (nSPS) is 19.9. The van der Waals surface area contributed by atoms with Gasteiger partial charge < -0.3 is 19.7 Å². The Morgan fingerprint density at radius 2 is 2.04 bits per heavy atom. The molecule has 3 heterocycles. The van der Waals surface area contributed by atoms with Gasteiger partial charge in [-0.3, -0.25) is 4.79 Å². The van der Waals surface area contributed by atoms with E-state index in [9.17, 15) is 4.79 Å². The maximum Gasteiger partial charge on any atom is 0.253 e. The lowest BCUT2D eigenvalue weighted by molar-refractivity contribution is -0.00546. The summed E-state index contributed by atoms with van der Waals surface area (Å²) in [5.74, 6) is 1.19. The van der Waals surface area contributed by atoms with Gasteiger partial charge in [-0.25, -0.2) is 9.97 Å². The average Bonchev–Trinajstić information content (AvgIpc) is 2.65. The van der Waals surface area contributed by atoms with Crippen LogP contribution in [0.3, 0.4) is 0 Å². The van der Waals surface area contributed by atoms with Crippen LogP contribution in [-0.4, -0.2) is 48.3 Å². The average molecular weight is 356 g/mol. The van der Waals surface area contributed by atoms with Crippen molar-refractivity contribution in [2.45, 2.75) is 32.6 Å². The first kappa shape index (κ1) is 18.1. The minimum atomic E-state index is -0.182. The number of pyridine rings is 2. The number of morpholine rings is 1. The molecule has 2 atom stereocenters. The number of amides is 1. The SMILES string of the molecule is COc1ncccc1CNC(=O)c1ccc(N2CC(C)OC(C)C2)nc1. The number of nitrogens with zero attached hydrogens (tertiary/aromatic N) is 3. The Balaban J connectivity index is 1.62. The van der Waals surface area contributed by atoms with Crippen molar-refractivity contribution in [3.8, 4) is 5.88 Å². The number of methoxy groups -OCH3 is 1. The Bertz CT molecular complexity index is 741. The van der Waals surface area contributed by atoms with Crippen molar-refractivity contribution in [3.63, 3.8) is 0 Å². The summed E-state index contributed by atoms with van der Waals surface area (Å²) in [6.45, 7) is 6.04. The Labute approximate surface area is 153 Å². The van der Waals surface area contributed by atoms with Gasteiger partial charge in [-0.15, -0.1) is 0 Å². The molecule has 2 aromatic heterocycles. The Hall–Kier alpha value is -2.67. The minimum Gasteiger partial charge on any atom is -0.481 e. The van der Waals surface area contributed by atoms with Crippen LogP contribution in [0.5, 0.6) is 5.88 Å². The van der Waals surface area contributed by atoms with E-state index >= 15 is 0 Å². The van der Waals surface area contributed by atoms with Crippen LogP contribution >= 0.6 is 0 Å². The molecule has 0 bridgehead atoms. The molecule has 7 nitrogen and oxygen atoms in total. The lowest BCUT2D eigenvalue weighted by atomic mass is 10.2. The molecule has 7 heteroatoms. The van der Waals surface area contributed by atoms with Crippen molar-refractivity contribution in [2.24, 2.45) is 0 Å². The highest BCUT2D eigenvalue weighted by atomic mass is 16.5. The maximum absolute atomic E-state index is 12.4. The molecule has 0 saturated carbocycles. The number of ether oxygens (including phenoxy) is 2. The van der Waals surface area contributed by atoms with E-state index in [4.69, 9.17) is 9.47 Å². The Morgan fingerprint density at radius 3 is 2.69 bits per heavy atom. The predicted molar refractivity (Wildman–Crippen MR) is 98.4 cm³/mol. The van der Waals surface area contributed by atoms with Gasteiger partial charge in [-0.2, -0.15) is 0 Å². The summed E-state index contributed by atoms with van der Waals surface area (Å²) in [6.07, 6.45) is 3.59. The van der Waals surface area contributed by atoms with E-state index in [1.807, 2.05) is 18.2 Å². The quantitative estimate of drug-likeness (QED) is 0.883. The van der Waals surface area contributed by atoms with Gasteiger partial charge in [0.2, 0.25) is 5.88 Å². The summed E-state index contributed by atoms with van der Waals surface area (Å²) in [7, 11) is 1.56. The second-order valence-electron chi connectivity index (χ2n) is 6.42. The van der Waals surface area contributed by atoms with Crippen LogP contribution in [-0.2, 0) is 11.3 Å². The van der Waals surface area contributed by atoms with Crippen LogP contribution < -0.4 is 15.0 Å². The molecule has 0 spiro atoms. The number of carbonyl (C=O) groups is 1. The van der Waals surface area contributed by atoms with Crippen molar-refractivity contribution >= 4 is 11.7 Å². The van der Waals surface area contributed by atoms with Gasteiger partial charge in [0, 0.05) is 37.6 Å². The molecular formula is C19H24N4O3. The maximum atomic E-state index is 12.4. The van der Waals surface area contributed by atoms with Crippen molar-refractivity contribution in [2.75, 3.05) is 25.1 Å². The molecule has 0 aromatic carbocycles. The molecule has 1 saturated heterocycles. The second-order valence-corrected chi connectivity index (χ2v) is 6.42. The number of hydrogen-bond donors (Lipinski definition) is 1. The topological polar surface area (TPSA) is 76.6 Å². The smallest absolute Gasteiger partial charge is 0.253 e. The third-order valence-corrected chi connectivity index (χ3v) is 4.24. The first-order chi connectivity index (χ1) is 12.6. The van der Waals surface area contributed by atoms with E-state index in [0.29, 0.717) is 18.0 Å². The highest BCUT2D eigenvalue weighted by molar-refractivity contribution is 5.94. The molecule has 2 aromatic rings. The fourth-order valence-corrected chi connectivity index (χ4v) is 3.09. The van der Waals surface area contributed by atoms with Crippen LogP contribution in [0.1, 0.15) is 29.8 Å². The number of rotatable bonds is 5. The Morgan fingerprint density at radius 1 is 1.27 bits per heavy atom. The van der Waals surface area contributed by atoms with Gasteiger partial charge in [0.15, 0.2) is 0 Å². The highest BCUT2D eigenvalue weighted by Crippen LogP contribution is 2.18. The van der Waals surface area contributed by atoms with E-state index in [1.54, 1.807) is 25.6 Å². The zero-order chi connectivity index (χ0) is 18.5. The van der Waals surface area contributed by atoms with Gasteiger partial charge in [0.1, 0.15) is 5.82 Å². The molecule has 26 heavy (non-hydrogen) atoms. The molecule has 2 unspecified atom stereocenters. The van der Waals surface area contributed by atoms with E-state index in [-0.39, 0.29) is 18.1 Å². The minimum absolute atomic E-state index is 0.165. The summed E-state index contributed by atoms with van der Waals surface area (Å²) in [6, 6.07) is 7.35. The summed E-state index contributed by atoms with van der Waals surface area (Å²) in [5.41, 5.74) is 1.34. The van der Waals surface area contributed by atoms with Crippen LogP contribution in [0, 0.1) is 0 Å². The van der Waals surface area contributed by atoms with Gasteiger partial charge in [-0.1, -0.05) is 6.07 Å². The van der Waals surface area contributed by atoms with E-state index in [2.05, 4.69) is 34.0 Å². The predicted octanol–water partition coefficient (Wildman–Crippen LogP) is 2.03. The zero-order valence-corrected chi connectivity index (χ0v) is 15.3. The fourth-order valence-electron chi connectivity index (χ4n) is 3.09. The summed E-state index contributed by atoms with van der Waals surface area (Å²) in [5, 5.41) is 2.87. The molecule has 138 valence electrons. The third-order valence-electron chi connectivity index (χ3n) is 4.24. The van der Waals surface area contributed by atoms with Crippen molar-refractivity contribution in [3.05, 3.63) is 47.8 Å². The first-order valence-corrected chi connectivity index (χ1v) is 8.69. The van der Waals surface area contributed by atoms with Crippen LogP contribution in [0.2, 0.25) is 0 Å². The van der Waals surface area contributed by atoms with E-state index in [1.165, 1.54) is 0 Å². The molecule has 1 amide bonds. The van der Waals surface area contributed by atoms with E-state index < -0.39 is 0 Å². The van der Waals surface area contributed by atoms with Gasteiger partial charge in [-0.05, 0) is 32.0 Å². The molecule has 1 fully saturated rings. The lowest BCUT2D eigenvalue weighted by Crippen LogP contribution is -2.45. The number of aromatic nitrogens is 2. The summed E-state index contributed by atoms with van der Waals surface area (Å²) >= 11 is 0. The van der Waals surface area contributed by atoms with Crippen molar-refractivity contribution in [1.82, 2.24) is 15.3 Å². The lowest BCUT2D eigenvalue weighted by Gasteiger charge is -2.36. The molecule has 3 rings (SSSR count). The monoisotopic (exact) mass is 356 g/mol.